The van der Waals surface area contributed by atoms with E-state index in [9.17, 15) is 126 Å². The first-order valence-electron chi connectivity index (χ1n) is 49.0. The number of ether oxygens (including phenoxy) is 20. The molecule has 7 aliphatic heterocycles. The van der Waals surface area contributed by atoms with Crippen LogP contribution in [0.2, 0.25) is 0 Å². The largest absolute Gasteiger partial charge is 0.479 e. The Bertz CT molecular complexity index is 4080. The molecule has 140 heavy (non-hydrogen) atoms. The van der Waals surface area contributed by atoms with E-state index in [4.69, 9.17) is 94.7 Å². The first kappa shape index (κ1) is 115. The highest BCUT2D eigenvalue weighted by atomic mass is 16.8. The van der Waals surface area contributed by atoms with Crippen molar-refractivity contribution in [3.05, 3.63) is 11.6 Å². The van der Waals surface area contributed by atoms with E-state index in [1.54, 1.807) is 20.8 Å². The zero-order valence-electron chi connectivity index (χ0n) is 82.0. The lowest BCUT2D eigenvalue weighted by Crippen LogP contribution is -2.69. The number of aldehydes is 1. The normalized spacial score (nSPS) is 46.1. The number of carboxylic acid groups (broad SMARTS) is 1. The number of esters is 3. The van der Waals surface area contributed by atoms with Crippen LogP contribution < -0.4 is 0 Å². The number of allylic oxidation sites excluding steroid dienone is 2. The quantitative estimate of drug-likeness (QED) is 0.00697. The average Bonchev–Trinajstić information content (AvgIpc) is 0.960. The summed E-state index contributed by atoms with van der Waals surface area (Å²) < 4.78 is 119. The number of hydrogen-bond acceptors (Lipinski definition) is 45. The Balaban J connectivity index is 0.784. The van der Waals surface area contributed by atoms with Gasteiger partial charge in [0, 0.05) is 27.1 Å². The molecule has 12 rings (SSSR count). The Morgan fingerprint density at radius 3 is 1.76 bits per heavy atom. The number of carbonyl (C=O) groups excluding carboxylic acids is 4. The highest BCUT2D eigenvalue weighted by Gasteiger charge is 2.74. The summed E-state index contributed by atoms with van der Waals surface area (Å²) >= 11 is 0. The van der Waals surface area contributed by atoms with Crippen LogP contribution in [0.3, 0.4) is 0 Å². The molecule has 50 atom stereocenters. The molecule has 0 amide bonds. The van der Waals surface area contributed by atoms with Gasteiger partial charge in [-0.1, -0.05) is 93.7 Å². The third-order valence-electron chi connectivity index (χ3n) is 33.3. The maximum Gasteiger partial charge on any atom is 0.335 e. The predicted octanol–water partition coefficient (Wildman–Crippen LogP) is -3.78. The summed E-state index contributed by atoms with van der Waals surface area (Å²) in [4.78, 5) is 72.2. The molecule has 0 radical (unpaired) electrons. The minimum absolute atomic E-state index is 0.0334. The van der Waals surface area contributed by atoms with Gasteiger partial charge in [0.05, 0.1) is 101 Å². The van der Waals surface area contributed by atoms with Gasteiger partial charge in [-0.25, -0.2) is 4.79 Å². The van der Waals surface area contributed by atoms with E-state index in [-0.39, 0.29) is 50.5 Å². The van der Waals surface area contributed by atoms with Crippen molar-refractivity contribution in [1.82, 2.24) is 0 Å². The predicted molar refractivity (Wildman–Crippen MR) is 469 cm³/mol. The van der Waals surface area contributed by atoms with E-state index in [1.165, 1.54) is 35.0 Å². The van der Waals surface area contributed by atoms with E-state index < -0.39 is 365 Å². The Hall–Kier alpha value is -4.19. The number of carbonyl (C=O) groups is 5. The molecule has 46 nitrogen and oxygen atoms in total. The van der Waals surface area contributed by atoms with Gasteiger partial charge in [0.15, 0.2) is 68.6 Å². The summed E-state index contributed by atoms with van der Waals surface area (Å²) in [6, 6.07) is 0. The Morgan fingerprint density at radius 2 is 1.14 bits per heavy atom. The standard InChI is InChI=1S/C94H154O46/c1-16-39(3)49(129-58(103)28-45(100)27-50(40(4)17-2)130-82-64(109)61(106)52(33-96)131-82)26-44(99)29-59(104)134-71-42(6)127-84(75(67(71)112)137-81-66(111)63(108)70(41(5)126-81)128-43(7)123-34-48(101)79(118)139-86-77(115)93(120,37-98)38-125-86)140-87(119)94-25-24-88(8,9)30-47(94)46-18-19-55-89(10)22-21-57(90(11,36-97)54(89)20-23-91(55,12)92(46,13)31-56(94)102)133-85-76(138-83-65(110)62(107)60(105)51(32-95)132-83)73(68(113)74(136-85)78(116)117)135-80-69(114)72(122-15)53(121-14)35-124-80/h18,36,39-45,47-57,60-77,79-86,95-96,98-102,105-115,118,120H,16-17,19-35,37-38H2,1-15H3,(H,116,117)/t39-,40-,41?,42?,43?,44-,45-,47?,48?,49-,50-,51?,52?,53?,54?,55?,56+,57-,60?,61?,62?,63?,64?,65?,66?,67?,68?,69?,70?,71?,72?,73?,74?,75?,76?,77?,79?,80?,81?,82?,83?,84?,85?,86?,89-,90-,91+,92+,93?,94+/m0/s1. The molecule has 7 heterocycles. The van der Waals surface area contributed by atoms with E-state index in [2.05, 4.69) is 26.8 Å². The van der Waals surface area contributed by atoms with E-state index in [0.29, 0.717) is 51.4 Å². The van der Waals surface area contributed by atoms with E-state index >= 15 is 4.79 Å². The summed E-state index contributed by atoms with van der Waals surface area (Å²) in [5, 5.41) is 234. The van der Waals surface area contributed by atoms with Gasteiger partial charge in [0.25, 0.3) is 0 Å². The topological polar surface area (TPSA) is 695 Å². The van der Waals surface area contributed by atoms with Crippen LogP contribution in [0.4, 0.5) is 0 Å². The summed E-state index contributed by atoms with van der Waals surface area (Å²) in [5.41, 5.74) is -7.49. The summed E-state index contributed by atoms with van der Waals surface area (Å²) in [6.07, 6.45) is -60.9. The number of aliphatic hydroxyl groups is 20. The second kappa shape index (κ2) is 46.5. The van der Waals surface area contributed by atoms with Crippen molar-refractivity contribution in [3.8, 4) is 0 Å². The zero-order valence-corrected chi connectivity index (χ0v) is 82.0. The van der Waals surface area contributed by atoms with Gasteiger partial charge in [-0.05, 0) is 130 Å². The Labute approximate surface area is 812 Å². The van der Waals surface area contributed by atoms with Crippen LogP contribution in [-0.2, 0) is 119 Å². The number of fused-ring (bicyclic) bond motifs is 7. The minimum Gasteiger partial charge on any atom is -0.479 e. The molecule has 12 aliphatic rings. The molecule has 46 heteroatoms. The van der Waals surface area contributed by atoms with Gasteiger partial charge >= 0.3 is 23.9 Å². The maximum atomic E-state index is 16.4. The molecule has 5 aliphatic carbocycles. The van der Waals surface area contributed by atoms with Crippen LogP contribution in [0.5, 0.6) is 0 Å². The number of aliphatic carboxylic acids is 1. The van der Waals surface area contributed by atoms with Gasteiger partial charge in [0.2, 0.25) is 6.29 Å². The Kier molecular flexibility index (Phi) is 38.0. The van der Waals surface area contributed by atoms with E-state index in [0.717, 1.165) is 11.9 Å². The van der Waals surface area contributed by atoms with Gasteiger partial charge in [0.1, 0.15) is 139 Å². The van der Waals surface area contributed by atoms with Crippen LogP contribution in [0.25, 0.3) is 0 Å². The molecule has 21 N–H and O–H groups in total. The summed E-state index contributed by atoms with van der Waals surface area (Å²) in [7, 11) is 2.64. The van der Waals surface area contributed by atoms with Gasteiger partial charge in [-0.2, -0.15) is 0 Å². The number of hydrogen-bond donors (Lipinski definition) is 21. The molecule has 7 saturated heterocycles. The lowest BCUT2D eigenvalue weighted by molar-refractivity contribution is -0.392. The van der Waals surface area contributed by atoms with Crippen LogP contribution >= 0.6 is 0 Å². The van der Waals surface area contributed by atoms with Gasteiger partial charge in [-0.15, -0.1) is 0 Å². The first-order chi connectivity index (χ1) is 65.8. The fourth-order valence-electron chi connectivity index (χ4n) is 24.0. The highest BCUT2D eigenvalue weighted by Crippen LogP contribution is 2.76. The maximum absolute atomic E-state index is 16.4. The van der Waals surface area contributed by atoms with Gasteiger partial charge < -0.3 is 207 Å². The van der Waals surface area contributed by atoms with Crippen LogP contribution in [0.1, 0.15) is 186 Å². The van der Waals surface area contributed by atoms with Crippen molar-refractivity contribution in [2.75, 3.05) is 53.9 Å². The lowest BCUT2D eigenvalue weighted by Gasteiger charge is -2.71. The third kappa shape index (κ3) is 22.9. The van der Waals surface area contributed by atoms with Gasteiger partial charge in [-0.3, -0.25) is 14.4 Å². The molecule has 0 bridgehead atoms. The van der Waals surface area contributed by atoms with Crippen molar-refractivity contribution in [2.45, 2.75) is 432 Å². The van der Waals surface area contributed by atoms with Crippen molar-refractivity contribution in [1.29, 1.82) is 0 Å². The molecule has 0 aromatic rings. The summed E-state index contributed by atoms with van der Waals surface area (Å²) in [6.45, 7) is 19.5. The number of aliphatic hydroxyl groups excluding tert-OH is 19. The number of methoxy groups -OCH3 is 2. The molecule has 806 valence electrons. The van der Waals surface area contributed by atoms with Crippen molar-refractivity contribution < 1.29 is 226 Å². The molecular formula is C94H154O46. The Morgan fingerprint density at radius 1 is 0.550 bits per heavy atom. The van der Waals surface area contributed by atoms with Crippen LogP contribution in [-0.4, -0.2) is 437 Å². The molecule has 0 aromatic carbocycles. The van der Waals surface area contributed by atoms with E-state index in [1.807, 2.05) is 27.7 Å². The second-order valence-corrected chi connectivity index (χ2v) is 42.6. The second-order valence-electron chi connectivity index (χ2n) is 42.6. The van der Waals surface area contributed by atoms with Crippen LogP contribution in [0.15, 0.2) is 11.6 Å². The monoisotopic (exact) mass is 2020 g/mol. The fraction of sp³-hybridized carbons (Fsp3) is 0.926. The lowest BCUT2D eigenvalue weighted by atomic mass is 9.33. The highest BCUT2D eigenvalue weighted by molar-refractivity contribution is 5.80. The molecule has 0 aromatic heterocycles. The molecule has 4 saturated carbocycles. The average molecular weight is 2020 g/mol. The third-order valence-corrected chi connectivity index (χ3v) is 33.3. The van der Waals surface area contributed by atoms with Crippen molar-refractivity contribution in [3.63, 3.8) is 0 Å². The first-order valence-corrected chi connectivity index (χ1v) is 49.0. The molecular weight excluding hydrogens is 1860 g/mol. The number of carboxylic acids is 1. The number of rotatable bonds is 41. The molecule has 37 unspecified atom stereocenters. The van der Waals surface area contributed by atoms with Crippen LogP contribution in [0, 0.1) is 62.1 Å². The summed E-state index contributed by atoms with van der Waals surface area (Å²) in [5.74, 6) is -7.05. The van der Waals surface area contributed by atoms with Crippen molar-refractivity contribution in [2.24, 2.45) is 62.1 Å². The SMILES string of the molecule is CC[C@H](C)[C@H](C[C@H](O)CC(=O)OC1C(C)OC(OC(=O)[C@]23CCC(C)(C)CC2C2=CCC4[C@@]5(C)CC[C@H](OC6OC(C(=O)O)C(O)C(OC7OCC(OC)C(OC)C7O)C6OC6OC(CO)C(O)C(O)C6O)[C@@](C)(C=O)C5CC[C@@]4(C)[C@]2(C)C[C@H]3O)C(OC2OC(C)C(OC(C)OCC(O)C(O)OC3OCC(O)(CO)C3O)C(O)C2O)C1O)OC(=O)C[C@@H](O)C[C@H](OC1OC(CO)C(O)C1O)[C@@H](C)CC. The fourth-order valence-corrected chi connectivity index (χ4v) is 24.0. The zero-order chi connectivity index (χ0) is 103. The van der Waals surface area contributed by atoms with Crippen molar-refractivity contribution >= 4 is 30.2 Å². The minimum atomic E-state index is -2.19. The molecule has 0 spiro atoms. The molecule has 11 fully saturated rings. The smallest absolute Gasteiger partial charge is 0.335 e.